The summed E-state index contributed by atoms with van der Waals surface area (Å²) in [4.78, 5) is 0.0953. The molecule has 21 heavy (non-hydrogen) atoms. The highest BCUT2D eigenvalue weighted by Crippen LogP contribution is 2.21. The topological polar surface area (TPSA) is 72.2 Å². The largest absolute Gasteiger partial charge is 0.398 e. The third-order valence-corrected chi connectivity index (χ3v) is 5.11. The van der Waals surface area contributed by atoms with Crippen molar-refractivity contribution in [2.24, 2.45) is 0 Å². The molecule has 112 valence electrons. The molecule has 0 amide bonds. The second-order valence-electron chi connectivity index (χ2n) is 4.53. The number of hydrogen-bond acceptors (Lipinski definition) is 3. The summed E-state index contributed by atoms with van der Waals surface area (Å²) in [6.45, 7) is 1.49. The molecule has 2 rings (SSSR count). The molecule has 2 aromatic rings. The van der Waals surface area contributed by atoms with E-state index in [0.29, 0.717) is 15.7 Å². The van der Waals surface area contributed by atoms with Crippen LogP contribution in [0.25, 0.3) is 0 Å². The lowest BCUT2D eigenvalue weighted by Gasteiger charge is -2.11. The normalized spacial score (nSPS) is 11.6. The highest BCUT2D eigenvalue weighted by molar-refractivity contribution is 9.10. The second-order valence-corrected chi connectivity index (χ2v) is 7.18. The predicted octanol–water partition coefficient (Wildman–Crippen LogP) is 2.96. The van der Waals surface area contributed by atoms with Gasteiger partial charge in [0.1, 0.15) is 5.82 Å². The number of nitrogens with one attached hydrogen (secondary N) is 1. The molecule has 0 radical (unpaired) electrons. The van der Waals surface area contributed by atoms with E-state index in [4.69, 9.17) is 5.73 Å². The van der Waals surface area contributed by atoms with E-state index in [1.165, 1.54) is 18.2 Å². The lowest BCUT2D eigenvalue weighted by atomic mass is 10.2. The molecule has 0 fully saturated rings. The fourth-order valence-electron chi connectivity index (χ4n) is 1.85. The molecule has 0 unspecified atom stereocenters. The zero-order chi connectivity index (χ0) is 15.6. The Hall–Kier alpha value is -1.44. The SMILES string of the molecule is Cc1c(N)cccc1S(=O)(=O)NCc1cc(Br)ccc1F. The first-order valence-electron chi connectivity index (χ1n) is 6.10. The summed E-state index contributed by atoms with van der Waals surface area (Å²) in [6.07, 6.45) is 0. The van der Waals surface area contributed by atoms with Crippen LogP contribution in [0.1, 0.15) is 11.1 Å². The van der Waals surface area contributed by atoms with Crippen molar-refractivity contribution in [3.63, 3.8) is 0 Å². The van der Waals surface area contributed by atoms with Crippen LogP contribution in [0.3, 0.4) is 0 Å². The van der Waals surface area contributed by atoms with Crippen molar-refractivity contribution in [1.29, 1.82) is 0 Å². The van der Waals surface area contributed by atoms with E-state index in [9.17, 15) is 12.8 Å². The first kappa shape index (κ1) is 15.9. The third kappa shape index (κ3) is 3.61. The van der Waals surface area contributed by atoms with Crippen LogP contribution in [-0.4, -0.2) is 8.42 Å². The van der Waals surface area contributed by atoms with Crippen molar-refractivity contribution < 1.29 is 12.8 Å². The van der Waals surface area contributed by atoms with E-state index < -0.39 is 15.8 Å². The molecule has 7 heteroatoms. The standard InChI is InChI=1S/C14H14BrFN2O2S/c1-9-13(17)3-2-4-14(9)21(19,20)18-8-10-7-11(15)5-6-12(10)16/h2-7,18H,8,17H2,1H3. The van der Waals surface area contributed by atoms with Crippen LogP contribution in [-0.2, 0) is 16.6 Å². The quantitative estimate of drug-likeness (QED) is 0.810. The van der Waals surface area contributed by atoms with E-state index in [0.717, 1.165) is 0 Å². The molecule has 0 saturated carbocycles. The smallest absolute Gasteiger partial charge is 0.241 e. The molecule has 0 heterocycles. The molecule has 0 spiro atoms. The Kier molecular flexibility index (Phi) is 4.65. The predicted molar refractivity (Wildman–Crippen MR) is 83.7 cm³/mol. The summed E-state index contributed by atoms with van der Waals surface area (Å²) in [5, 5.41) is 0. The van der Waals surface area contributed by atoms with Gasteiger partial charge in [-0.05, 0) is 42.8 Å². The zero-order valence-electron chi connectivity index (χ0n) is 11.2. The van der Waals surface area contributed by atoms with Gasteiger partial charge < -0.3 is 5.73 Å². The van der Waals surface area contributed by atoms with E-state index in [2.05, 4.69) is 20.7 Å². The monoisotopic (exact) mass is 372 g/mol. The van der Waals surface area contributed by atoms with Crippen LogP contribution < -0.4 is 10.5 Å². The van der Waals surface area contributed by atoms with Crippen LogP contribution in [0.2, 0.25) is 0 Å². The number of sulfonamides is 1. The molecule has 4 nitrogen and oxygen atoms in total. The van der Waals surface area contributed by atoms with Crippen molar-refractivity contribution in [3.05, 3.63) is 57.8 Å². The van der Waals surface area contributed by atoms with E-state index in [1.807, 2.05) is 0 Å². The Morgan fingerprint density at radius 2 is 2.00 bits per heavy atom. The van der Waals surface area contributed by atoms with Crippen molar-refractivity contribution in [3.8, 4) is 0 Å². The first-order chi connectivity index (χ1) is 9.81. The van der Waals surface area contributed by atoms with Crippen LogP contribution in [0.5, 0.6) is 0 Å². The first-order valence-corrected chi connectivity index (χ1v) is 8.37. The highest BCUT2D eigenvalue weighted by Gasteiger charge is 2.18. The molecule has 0 aliphatic carbocycles. The Balaban J connectivity index is 2.26. The highest BCUT2D eigenvalue weighted by atomic mass is 79.9. The number of nitrogen functional groups attached to an aromatic ring is 1. The maximum absolute atomic E-state index is 13.6. The number of hydrogen-bond donors (Lipinski definition) is 2. The van der Waals surface area contributed by atoms with Gasteiger partial charge in [0.25, 0.3) is 0 Å². The molecular weight excluding hydrogens is 359 g/mol. The second kappa shape index (κ2) is 6.13. The van der Waals surface area contributed by atoms with Gasteiger partial charge in [-0.25, -0.2) is 17.5 Å². The van der Waals surface area contributed by atoms with E-state index in [-0.39, 0.29) is 17.0 Å². The minimum atomic E-state index is -3.75. The summed E-state index contributed by atoms with van der Waals surface area (Å²) in [5.41, 5.74) is 6.84. The molecule has 0 bridgehead atoms. The molecule has 0 aromatic heterocycles. The Morgan fingerprint density at radius 1 is 1.29 bits per heavy atom. The van der Waals surface area contributed by atoms with Crippen LogP contribution >= 0.6 is 15.9 Å². The molecule has 0 saturated heterocycles. The fraction of sp³-hybridized carbons (Fsp3) is 0.143. The summed E-state index contributed by atoms with van der Waals surface area (Å²) >= 11 is 3.22. The molecular formula is C14H14BrFN2O2S. The van der Waals surface area contributed by atoms with Gasteiger partial charge in [-0.15, -0.1) is 0 Å². The van der Waals surface area contributed by atoms with Gasteiger partial charge in [-0.2, -0.15) is 0 Å². The summed E-state index contributed by atoms with van der Waals surface area (Å²) in [6, 6.07) is 9.02. The lowest BCUT2D eigenvalue weighted by Crippen LogP contribution is -2.24. The maximum Gasteiger partial charge on any atom is 0.241 e. The third-order valence-electron chi connectivity index (χ3n) is 3.08. The molecule has 3 N–H and O–H groups in total. The lowest BCUT2D eigenvalue weighted by molar-refractivity contribution is 0.574. The van der Waals surface area contributed by atoms with Gasteiger partial charge in [0.15, 0.2) is 0 Å². The fourth-order valence-corrected chi connectivity index (χ4v) is 3.54. The van der Waals surface area contributed by atoms with Crippen LogP contribution in [0, 0.1) is 12.7 Å². The van der Waals surface area contributed by atoms with Crippen molar-refractivity contribution >= 4 is 31.6 Å². The summed E-state index contributed by atoms with van der Waals surface area (Å²) in [5.74, 6) is -0.467. The number of benzene rings is 2. The van der Waals surface area contributed by atoms with Gasteiger partial charge in [-0.3, -0.25) is 0 Å². The minimum absolute atomic E-state index is 0.0953. The van der Waals surface area contributed by atoms with Crippen LogP contribution in [0.4, 0.5) is 10.1 Å². The average molecular weight is 373 g/mol. The van der Waals surface area contributed by atoms with Gasteiger partial charge in [0.2, 0.25) is 10.0 Å². The zero-order valence-corrected chi connectivity index (χ0v) is 13.6. The summed E-state index contributed by atoms with van der Waals surface area (Å²) in [7, 11) is -3.75. The number of nitrogens with two attached hydrogens (primary N) is 1. The number of rotatable bonds is 4. The van der Waals surface area contributed by atoms with E-state index >= 15 is 0 Å². The van der Waals surface area contributed by atoms with Crippen molar-refractivity contribution in [2.45, 2.75) is 18.4 Å². The van der Waals surface area contributed by atoms with Gasteiger partial charge in [-0.1, -0.05) is 22.0 Å². The number of halogens is 2. The van der Waals surface area contributed by atoms with Crippen molar-refractivity contribution in [1.82, 2.24) is 4.72 Å². The maximum atomic E-state index is 13.6. The molecule has 0 atom stereocenters. The summed E-state index contributed by atoms with van der Waals surface area (Å²) < 4.78 is 41.2. The van der Waals surface area contributed by atoms with Gasteiger partial charge >= 0.3 is 0 Å². The average Bonchev–Trinajstić information content (AvgIpc) is 2.43. The Bertz CT molecular complexity index is 779. The Morgan fingerprint density at radius 3 is 2.71 bits per heavy atom. The molecule has 2 aromatic carbocycles. The molecule has 0 aliphatic rings. The minimum Gasteiger partial charge on any atom is -0.398 e. The van der Waals surface area contributed by atoms with Crippen molar-refractivity contribution in [2.75, 3.05) is 5.73 Å². The van der Waals surface area contributed by atoms with Gasteiger partial charge in [0, 0.05) is 22.3 Å². The number of anilines is 1. The van der Waals surface area contributed by atoms with E-state index in [1.54, 1.807) is 25.1 Å². The van der Waals surface area contributed by atoms with Crippen LogP contribution in [0.15, 0.2) is 45.8 Å². The Labute approximate surface area is 131 Å². The van der Waals surface area contributed by atoms with Gasteiger partial charge in [0.05, 0.1) is 4.90 Å². The molecule has 0 aliphatic heterocycles.